The zero-order valence-electron chi connectivity index (χ0n) is 18.6. The zero-order valence-corrected chi connectivity index (χ0v) is 18.6. The fraction of sp³-hybridized carbons (Fsp3) is 0.391. The number of benzene rings is 1. The van der Waals surface area contributed by atoms with Gasteiger partial charge in [-0.05, 0) is 51.0 Å². The van der Waals surface area contributed by atoms with Crippen LogP contribution in [0.15, 0.2) is 61.1 Å². The van der Waals surface area contributed by atoms with Gasteiger partial charge in [0.2, 0.25) is 5.91 Å². The second-order valence-electron chi connectivity index (χ2n) is 7.91. The van der Waals surface area contributed by atoms with Gasteiger partial charge in [-0.3, -0.25) is 9.59 Å². The first-order valence-electron chi connectivity index (χ1n) is 10.4. The number of nitrogens with zero attached hydrogens (tertiary/aromatic N) is 2. The van der Waals surface area contributed by atoms with Gasteiger partial charge in [-0.1, -0.05) is 19.2 Å². The van der Waals surface area contributed by atoms with Crippen LogP contribution in [-0.2, 0) is 9.59 Å². The molecular weight excluding hydrogens is 392 g/mol. The Hall–Kier alpha value is -3.26. The average Bonchev–Trinajstić information content (AvgIpc) is 3.05. The molecule has 0 bridgehead atoms. The van der Waals surface area contributed by atoms with Crippen LogP contribution in [0, 0.1) is 0 Å². The van der Waals surface area contributed by atoms with E-state index in [1.807, 2.05) is 44.0 Å². The molecule has 0 saturated heterocycles. The van der Waals surface area contributed by atoms with Crippen molar-refractivity contribution < 1.29 is 9.59 Å². The lowest BCUT2D eigenvalue weighted by atomic mass is 10.1. The fourth-order valence-electron chi connectivity index (χ4n) is 3.19. The van der Waals surface area contributed by atoms with Gasteiger partial charge in [-0.25, -0.2) is 0 Å². The largest absolute Gasteiger partial charge is 0.386 e. The van der Waals surface area contributed by atoms with Crippen molar-refractivity contribution in [2.75, 3.05) is 23.8 Å². The van der Waals surface area contributed by atoms with Gasteiger partial charge in [0.05, 0.1) is 11.9 Å². The number of nitrogens with two attached hydrogens (primary N) is 2. The SMILES string of the molecule is C=C(N[C@@H](CCCN(C)C(=C)N)C(=O)Nc1ccc(N2C(=O)C=CC2C)cc1)[C@H](C)N. The Morgan fingerprint density at radius 2 is 1.94 bits per heavy atom. The predicted molar refractivity (Wildman–Crippen MR) is 126 cm³/mol. The van der Waals surface area contributed by atoms with Crippen LogP contribution >= 0.6 is 0 Å². The van der Waals surface area contributed by atoms with Gasteiger partial charge in [-0.2, -0.15) is 0 Å². The molecule has 0 saturated carbocycles. The second kappa shape index (κ2) is 10.7. The van der Waals surface area contributed by atoms with Crippen LogP contribution in [0.3, 0.4) is 0 Å². The summed E-state index contributed by atoms with van der Waals surface area (Å²) in [6.07, 6.45) is 4.72. The minimum absolute atomic E-state index is 0.00789. The molecule has 0 aromatic heterocycles. The van der Waals surface area contributed by atoms with Crippen LogP contribution in [0.25, 0.3) is 0 Å². The van der Waals surface area contributed by atoms with Crippen molar-refractivity contribution in [1.82, 2.24) is 10.2 Å². The molecule has 0 spiro atoms. The van der Waals surface area contributed by atoms with E-state index in [1.54, 1.807) is 23.1 Å². The van der Waals surface area contributed by atoms with Gasteiger partial charge in [-0.15, -0.1) is 0 Å². The van der Waals surface area contributed by atoms with Crippen LogP contribution in [0.4, 0.5) is 11.4 Å². The molecule has 1 aromatic rings. The first-order valence-corrected chi connectivity index (χ1v) is 10.4. The summed E-state index contributed by atoms with van der Waals surface area (Å²) in [6, 6.07) is 6.44. The molecule has 1 aromatic carbocycles. The minimum Gasteiger partial charge on any atom is -0.386 e. The Labute approximate surface area is 184 Å². The summed E-state index contributed by atoms with van der Waals surface area (Å²) in [4.78, 5) is 28.5. The lowest BCUT2D eigenvalue weighted by Gasteiger charge is -2.24. The molecule has 0 radical (unpaired) electrons. The van der Waals surface area contributed by atoms with Gasteiger partial charge < -0.3 is 31.9 Å². The average molecular weight is 427 g/mol. The molecule has 1 heterocycles. The van der Waals surface area contributed by atoms with Crippen molar-refractivity contribution in [3.63, 3.8) is 0 Å². The molecule has 0 fully saturated rings. The van der Waals surface area contributed by atoms with Gasteiger partial charge in [0.1, 0.15) is 6.04 Å². The van der Waals surface area contributed by atoms with E-state index in [4.69, 9.17) is 11.5 Å². The lowest BCUT2D eigenvalue weighted by molar-refractivity contribution is -0.118. The van der Waals surface area contributed by atoms with Crippen molar-refractivity contribution in [1.29, 1.82) is 0 Å². The maximum atomic E-state index is 12.9. The normalized spacial score (nSPS) is 17.2. The first-order chi connectivity index (χ1) is 14.6. The number of hydrogen-bond donors (Lipinski definition) is 4. The van der Waals surface area contributed by atoms with Crippen molar-refractivity contribution in [3.05, 3.63) is 61.1 Å². The topological polar surface area (TPSA) is 117 Å². The maximum absolute atomic E-state index is 12.9. The smallest absolute Gasteiger partial charge is 0.251 e. The highest BCUT2D eigenvalue weighted by Crippen LogP contribution is 2.24. The Bertz CT molecular complexity index is 846. The maximum Gasteiger partial charge on any atom is 0.251 e. The van der Waals surface area contributed by atoms with Gasteiger partial charge in [0.25, 0.3) is 5.91 Å². The van der Waals surface area contributed by atoms with E-state index < -0.39 is 6.04 Å². The highest BCUT2D eigenvalue weighted by molar-refractivity contribution is 6.05. The number of amides is 2. The van der Waals surface area contributed by atoms with Crippen LogP contribution in [0.5, 0.6) is 0 Å². The van der Waals surface area contributed by atoms with Crippen molar-refractivity contribution >= 4 is 23.2 Å². The van der Waals surface area contributed by atoms with E-state index >= 15 is 0 Å². The van der Waals surface area contributed by atoms with Crippen LogP contribution in [-0.4, -0.2) is 48.4 Å². The summed E-state index contributed by atoms with van der Waals surface area (Å²) >= 11 is 0. The molecule has 0 aliphatic carbocycles. The van der Waals surface area contributed by atoms with Gasteiger partial charge >= 0.3 is 0 Å². The molecule has 1 aliphatic heterocycles. The van der Waals surface area contributed by atoms with E-state index in [0.29, 0.717) is 30.2 Å². The molecule has 6 N–H and O–H groups in total. The second-order valence-corrected chi connectivity index (χ2v) is 7.91. The van der Waals surface area contributed by atoms with E-state index in [9.17, 15) is 9.59 Å². The summed E-state index contributed by atoms with van der Waals surface area (Å²) in [5.74, 6) is 0.249. The summed E-state index contributed by atoms with van der Waals surface area (Å²) in [5.41, 5.74) is 13.6. The van der Waals surface area contributed by atoms with Gasteiger partial charge in [0, 0.05) is 42.8 Å². The molecule has 3 atom stereocenters. The van der Waals surface area contributed by atoms with Crippen molar-refractivity contribution in [2.24, 2.45) is 11.5 Å². The molecule has 8 nitrogen and oxygen atoms in total. The van der Waals surface area contributed by atoms with Crippen LogP contribution < -0.4 is 27.0 Å². The number of anilines is 2. The number of carbonyl (C=O) groups excluding carboxylic acids is 2. The highest BCUT2D eigenvalue weighted by Gasteiger charge is 2.24. The summed E-state index contributed by atoms with van der Waals surface area (Å²) in [7, 11) is 1.86. The Kier molecular flexibility index (Phi) is 8.27. The number of carbonyl (C=O) groups is 2. The number of hydrogen-bond acceptors (Lipinski definition) is 6. The van der Waals surface area contributed by atoms with Gasteiger partial charge in [0.15, 0.2) is 0 Å². The fourth-order valence-corrected chi connectivity index (χ4v) is 3.19. The molecule has 168 valence electrons. The van der Waals surface area contributed by atoms with Crippen LogP contribution in [0.1, 0.15) is 26.7 Å². The summed E-state index contributed by atoms with van der Waals surface area (Å²) in [6.45, 7) is 12.1. The summed E-state index contributed by atoms with van der Waals surface area (Å²) < 4.78 is 0. The molecule has 31 heavy (non-hydrogen) atoms. The minimum atomic E-state index is -0.498. The zero-order chi connectivity index (χ0) is 23.1. The predicted octanol–water partition coefficient (Wildman–Crippen LogP) is 1.88. The molecule has 1 aliphatic rings. The highest BCUT2D eigenvalue weighted by atomic mass is 16.2. The Morgan fingerprint density at radius 1 is 1.29 bits per heavy atom. The van der Waals surface area contributed by atoms with E-state index in [1.165, 1.54) is 0 Å². The first kappa shape index (κ1) is 24.0. The van der Waals surface area contributed by atoms with E-state index in [0.717, 1.165) is 12.1 Å². The molecular formula is C23H34N6O2. The Balaban J connectivity index is 2.03. The van der Waals surface area contributed by atoms with E-state index in [2.05, 4.69) is 23.8 Å². The van der Waals surface area contributed by atoms with E-state index in [-0.39, 0.29) is 23.9 Å². The van der Waals surface area contributed by atoms with Crippen molar-refractivity contribution in [2.45, 2.75) is 44.8 Å². The Morgan fingerprint density at radius 3 is 2.45 bits per heavy atom. The summed E-state index contributed by atoms with van der Waals surface area (Å²) in [5, 5.41) is 6.07. The molecule has 8 heteroatoms. The lowest BCUT2D eigenvalue weighted by Crippen LogP contribution is -2.43. The van der Waals surface area contributed by atoms with Crippen molar-refractivity contribution in [3.8, 4) is 0 Å². The third-order valence-electron chi connectivity index (χ3n) is 5.28. The van der Waals surface area contributed by atoms with Crippen LogP contribution in [0.2, 0.25) is 0 Å². The monoisotopic (exact) mass is 426 g/mol. The number of rotatable bonds is 11. The molecule has 1 unspecified atom stereocenters. The number of nitrogens with one attached hydrogen (secondary N) is 2. The third kappa shape index (κ3) is 6.62. The molecule has 2 amide bonds. The quantitative estimate of drug-likeness (QED) is 0.429. The molecule has 2 rings (SSSR count). The third-order valence-corrected chi connectivity index (χ3v) is 5.28. The standard InChI is InChI=1S/C23H34N6O2/c1-15-8-13-22(30)29(15)20-11-9-19(10-12-20)27-23(31)21(26-17(3)16(2)24)7-6-14-28(5)18(4)25/h8-13,15-16,21,26H,3-4,6-7,14,24-25H2,1-2,5H3,(H,27,31)/t15?,16-,21-/m0/s1.